The van der Waals surface area contributed by atoms with Crippen molar-refractivity contribution in [2.24, 2.45) is 0 Å². The van der Waals surface area contributed by atoms with Crippen LogP contribution in [0.1, 0.15) is 0 Å². The molecule has 0 fully saturated rings. The topological polar surface area (TPSA) is 4.41 Å². The lowest BCUT2D eigenvalue weighted by molar-refractivity contribution is 1.37. The summed E-state index contributed by atoms with van der Waals surface area (Å²) in [6.07, 6.45) is 0. The lowest BCUT2D eigenvalue weighted by atomic mass is 9.83. The molecule has 18 aromatic carbocycles. The first-order valence-electron chi connectivity index (χ1n) is 34.5. The van der Waals surface area contributed by atoms with Gasteiger partial charge in [0.05, 0.1) is 16.6 Å². The molecule has 0 atom stereocenters. The molecule has 0 unspecified atom stereocenters. The highest BCUT2D eigenvalue weighted by atomic mass is 32.1. The number of rotatable bonds is 8. The van der Waals surface area contributed by atoms with Gasteiger partial charge in [-0.1, -0.05) is 340 Å². The van der Waals surface area contributed by atoms with Crippen LogP contribution in [0, 0.1) is 0 Å². The van der Waals surface area contributed by atoms with E-state index in [1.165, 1.54) is 201 Å². The number of hydrogen-bond acceptors (Lipinski definition) is 1. The zero-order valence-corrected chi connectivity index (χ0v) is 55.4. The van der Waals surface area contributed by atoms with E-state index in [9.17, 15) is 0 Å². The molecule has 1 nitrogen and oxygen atoms in total. The number of benzene rings is 18. The molecular weight excluding hydrogens is 1220 g/mol. The van der Waals surface area contributed by atoms with E-state index in [0.717, 1.165) is 0 Å². The molecule has 0 aliphatic rings. The van der Waals surface area contributed by atoms with Crippen LogP contribution >= 0.6 is 11.3 Å². The normalized spacial score (nSPS) is 11.8. The second-order valence-electron chi connectivity index (χ2n) is 26.4. The highest BCUT2D eigenvalue weighted by molar-refractivity contribution is 7.18. The van der Waals surface area contributed by atoms with Gasteiger partial charge in [0.25, 0.3) is 0 Å². The largest absolute Gasteiger partial charge is 0.308 e. The molecule has 21 rings (SSSR count). The highest BCUT2D eigenvalue weighted by Gasteiger charge is 2.24. The van der Waals surface area contributed by atoms with Crippen LogP contribution in [-0.2, 0) is 0 Å². The standard InChI is InChI=1S/C50H32S.C48H29N/c1-2-15-34(16-3-1)47-30-31-48(51-47)35-18-12-19-36(32-35)49-42-23-8-10-25-44(42)50(45-26-11-9-24-43(45)49)46-29-28-41(39-21-6-7-22-40(39)46)38-27-13-17-33-14-4-5-20-37(33)38;1-2-13-30(14-3-1)32-27-28-41(34-16-5-4-15-33(32)34)47-39-20-8-6-18-37(39)46(38-19-7-9-21-40(38)47)31-25-26-36-43-23-12-22-42-35-17-10-11-24-44(35)49(48(42)43)45(36)29-31/h1-32H;1-29H. The van der Waals surface area contributed by atoms with Gasteiger partial charge in [-0.2, -0.15) is 0 Å². The summed E-state index contributed by atoms with van der Waals surface area (Å²) in [5.74, 6) is 0. The Morgan fingerprint density at radius 2 is 0.520 bits per heavy atom. The first-order chi connectivity index (χ1) is 49.7. The highest BCUT2D eigenvalue weighted by Crippen LogP contribution is 2.51. The fourth-order valence-electron chi connectivity index (χ4n) is 16.7. The van der Waals surface area contributed by atoms with Gasteiger partial charge in [0.1, 0.15) is 0 Å². The van der Waals surface area contributed by atoms with E-state index in [4.69, 9.17) is 0 Å². The van der Waals surface area contributed by atoms with Gasteiger partial charge in [-0.05, 0) is 184 Å². The molecule has 0 bridgehead atoms. The molecule has 0 N–H and O–H groups in total. The Labute approximate surface area is 583 Å². The minimum absolute atomic E-state index is 1.23. The smallest absolute Gasteiger partial charge is 0.0620 e. The maximum Gasteiger partial charge on any atom is 0.0620 e. The number of aromatic nitrogens is 1. The number of hydrogen-bond donors (Lipinski definition) is 0. The lowest BCUT2D eigenvalue weighted by Gasteiger charge is -2.20. The van der Waals surface area contributed by atoms with E-state index in [1.807, 2.05) is 11.3 Å². The summed E-state index contributed by atoms with van der Waals surface area (Å²) in [4.78, 5) is 2.56. The molecule has 3 aromatic heterocycles. The van der Waals surface area contributed by atoms with Crippen LogP contribution in [0.3, 0.4) is 0 Å². The van der Waals surface area contributed by atoms with Crippen LogP contribution in [0.15, 0.2) is 370 Å². The average Bonchev–Trinajstić information content (AvgIpc) is 1.42. The average molecular weight is 1280 g/mol. The van der Waals surface area contributed by atoms with Crippen molar-refractivity contribution in [3.63, 3.8) is 0 Å². The van der Waals surface area contributed by atoms with E-state index >= 15 is 0 Å². The number of thiophene rings is 1. The third-order valence-electron chi connectivity index (χ3n) is 21.0. The van der Waals surface area contributed by atoms with E-state index < -0.39 is 0 Å². The molecule has 0 amide bonds. The van der Waals surface area contributed by atoms with Gasteiger partial charge in [0.2, 0.25) is 0 Å². The summed E-state index contributed by atoms with van der Waals surface area (Å²) in [5, 5.41) is 23.0. The Balaban J connectivity index is 0.000000135. The molecule has 0 spiro atoms. The number of fused-ring (bicyclic) bond motifs is 13. The van der Waals surface area contributed by atoms with Gasteiger partial charge in [-0.25, -0.2) is 0 Å². The van der Waals surface area contributed by atoms with Gasteiger partial charge in [-0.3, -0.25) is 0 Å². The maximum absolute atomic E-state index is 2.48. The van der Waals surface area contributed by atoms with E-state index in [-0.39, 0.29) is 0 Å². The van der Waals surface area contributed by atoms with E-state index in [0.29, 0.717) is 0 Å². The first kappa shape index (κ1) is 57.5. The number of nitrogens with zero attached hydrogens (tertiary/aromatic N) is 1. The summed E-state index contributed by atoms with van der Waals surface area (Å²) < 4.78 is 2.48. The fraction of sp³-hybridized carbons (Fsp3) is 0. The molecule has 0 aliphatic heterocycles. The monoisotopic (exact) mass is 1280 g/mol. The van der Waals surface area contributed by atoms with Gasteiger partial charge in [0, 0.05) is 31.3 Å². The number of para-hydroxylation sites is 2. The van der Waals surface area contributed by atoms with Gasteiger partial charge in [0.15, 0.2) is 0 Å². The zero-order valence-electron chi connectivity index (χ0n) is 54.6. The molecule has 0 aliphatic carbocycles. The van der Waals surface area contributed by atoms with E-state index in [1.54, 1.807) is 0 Å². The van der Waals surface area contributed by atoms with Crippen molar-refractivity contribution in [2.45, 2.75) is 0 Å². The van der Waals surface area contributed by atoms with Crippen LogP contribution in [0.25, 0.3) is 201 Å². The Bertz CT molecular complexity index is 6710. The Morgan fingerprint density at radius 1 is 0.170 bits per heavy atom. The minimum atomic E-state index is 1.23. The molecule has 2 heteroatoms. The molecule has 21 aromatic rings. The zero-order chi connectivity index (χ0) is 65.8. The second-order valence-corrected chi connectivity index (χ2v) is 27.5. The third-order valence-corrected chi connectivity index (χ3v) is 22.2. The van der Waals surface area contributed by atoms with Crippen molar-refractivity contribution in [1.82, 2.24) is 4.40 Å². The summed E-state index contributed by atoms with van der Waals surface area (Å²) in [6, 6.07) is 136. The summed E-state index contributed by atoms with van der Waals surface area (Å²) in [5.41, 5.74) is 21.5. The van der Waals surface area contributed by atoms with Gasteiger partial charge < -0.3 is 4.40 Å². The van der Waals surface area contributed by atoms with Crippen molar-refractivity contribution >= 4 is 125 Å². The molecular formula is C98H61NS. The quantitative estimate of drug-likeness (QED) is 0.134. The van der Waals surface area contributed by atoms with Crippen molar-refractivity contribution in [3.8, 4) is 87.6 Å². The van der Waals surface area contributed by atoms with Crippen molar-refractivity contribution in [1.29, 1.82) is 0 Å². The van der Waals surface area contributed by atoms with Crippen molar-refractivity contribution < 1.29 is 0 Å². The van der Waals surface area contributed by atoms with Crippen LogP contribution in [0.2, 0.25) is 0 Å². The Hall–Kier alpha value is -12.7. The lowest BCUT2D eigenvalue weighted by Crippen LogP contribution is -1.93. The molecule has 0 saturated carbocycles. The predicted octanol–water partition coefficient (Wildman–Crippen LogP) is 28.0. The minimum Gasteiger partial charge on any atom is -0.308 e. The van der Waals surface area contributed by atoms with E-state index in [2.05, 4.69) is 374 Å². The molecule has 3 heterocycles. The van der Waals surface area contributed by atoms with Crippen molar-refractivity contribution in [3.05, 3.63) is 370 Å². The predicted molar refractivity (Wildman–Crippen MR) is 431 cm³/mol. The molecule has 0 radical (unpaired) electrons. The Kier molecular flexibility index (Phi) is 13.5. The fourth-order valence-corrected chi connectivity index (χ4v) is 17.7. The van der Waals surface area contributed by atoms with Crippen LogP contribution in [0.5, 0.6) is 0 Å². The Morgan fingerprint density at radius 3 is 1.09 bits per heavy atom. The second kappa shape index (κ2) is 23.5. The summed E-state index contributed by atoms with van der Waals surface area (Å²) in [7, 11) is 0. The van der Waals surface area contributed by atoms with Crippen LogP contribution < -0.4 is 0 Å². The maximum atomic E-state index is 2.48. The van der Waals surface area contributed by atoms with Crippen LogP contribution in [0.4, 0.5) is 0 Å². The SMILES string of the molecule is c1ccc(-c2ccc(-c3c4ccccc4c(-c4ccc5c6cccc7c8ccccc8n(c5c4)c76)c4ccccc34)c3ccccc23)cc1.c1ccc(-c2ccc(-c3cccc(-c4c5ccccc5c(-c5ccc(-c6cccc7ccccc67)c6ccccc56)c5ccccc45)c3)s2)cc1. The van der Waals surface area contributed by atoms with Crippen molar-refractivity contribution in [2.75, 3.05) is 0 Å². The third kappa shape index (κ3) is 9.15. The summed E-state index contributed by atoms with van der Waals surface area (Å²) in [6.45, 7) is 0. The molecule has 0 saturated heterocycles. The molecule has 100 heavy (non-hydrogen) atoms. The first-order valence-corrected chi connectivity index (χ1v) is 35.4. The van der Waals surface area contributed by atoms with Gasteiger partial charge in [-0.15, -0.1) is 11.3 Å². The summed E-state index contributed by atoms with van der Waals surface area (Å²) >= 11 is 1.85. The molecule has 464 valence electrons. The van der Waals surface area contributed by atoms with Gasteiger partial charge >= 0.3 is 0 Å². The van der Waals surface area contributed by atoms with Crippen LogP contribution in [-0.4, -0.2) is 4.40 Å².